The van der Waals surface area contributed by atoms with Crippen LogP contribution < -0.4 is 5.73 Å². The molecular weight excluding hydrogens is 192 g/mol. The maximum absolute atomic E-state index is 8.51. The van der Waals surface area contributed by atoms with Crippen LogP contribution in [0.1, 0.15) is 11.4 Å². The summed E-state index contributed by atoms with van der Waals surface area (Å²) in [4.78, 5) is 4.21. The Balaban J connectivity index is 2.52. The minimum atomic E-state index is 0.189. The summed E-state index contributed by atoms with van der Waals surface area (Å²) >= 11 is 0. The Morgan fingerprint density at radius 3 is 3.13 bits per heavy atom. The van der Waals surface area contributed by atoms with Crippen LogP contribution in [0.25, 0.3) is 5.52 Å². The van der Waals surface area contributed by atoms with E-state index in [1.54, 1.807) is 6.33 Å². The fraction of sp³-hybridized carbons (Fsp3) is 0.200. The fourth-order valence-electron chi connectivity index (χ4n) is 1.57. The zero-order valence-corrected chi connectivity index (χ0v) is 8.38. The highest BCUT2D eigenvalue weighted by molar-refractivity contribution is 5.81. The van der Waals surface area contributed by atoms with Gasteiger partial charge in [0.25, 0.3) is 0 Å². The maximum atomic E-state index is 8.51. The van der Waals surface area contributed by atoms with E-state index in [-0.39, 0.29) is 5.84 Å². The van der Waals surface area contributed by atoms with Crippen LogP contribution in [0, 0.1) is 6.92 Å². The number of oxime groups is 1. The molecule has 15 heavy (non-hydrogen) atoms. The highest BCUT2D eigenvalue weighted by Gasteiger charge is 2.05. The molecule has 2 heterocycles. The van der Waals surface area contributed by atoms with Crippen LogP contribution in [0.5, 0.6) is 0 Å². The fourth-order valence-corrected chi connectivity index (χ4v) is 1.57. The Kier molecular flexibility index (Phi) is 2.29. The molecule has 0 saturated carbocycles. The Labute approximate surface area is 86.8 Å². The van der Waals surface area contributed by atoms with Crippen LogP contribution in [0.4, 0.5) is 0 Å². The molecule has 0 aliphatic carbocycles. The van der Waals surface area contributed by atoms with Gasteiger partial charge in [0, 0.05) is 12.1 Å². The topological polar surface area (TPSA) is 75.9 Å². The molecule has 5 nitrogen and oxygen atoms in total. The van der Waals surface area contributed by atoms with Crippen LogP contribution in [0.15, 0.2) is 29.7 Å². The molecule has 0 spiro atoms. The van der Waals surface area contributed by atoms with E-state index in [1.165, 1.54) is 0 Å². The first kappa shape index (κ1) is 9.51. The van der Waals surface area contributed by atoms with Crippen molar-refractivity contribution in [2.75, 3.05) is 0 Å². The van der Waals surface area contributed by atoms with Crippen molar-refractivity contribution in [2.24, 2.45) is 10.9 Å². The number of rotatable bonds is 2. The molecule has 0 amide bonds. The van der Waals surface area contributed by atoms with Gasteiger partial charge < -0.3 is 15.3 Å². The molecule has 0 aliphatic heterocycles. The minimum absolute atomic E-state index is 0.189. The maximum Gasteiger partial charge on any atom is 0.145 e. The molecular formula is C10H12N4O. The van der Waals surface area contributed by atoms with E-state index in [4.69, 9.17) is 10.9 Å². The number of aromatic nitrogens is 2. The number of pyridine rings is 1. The molecule has 0 aromatic carbocycles. The van der Waals surface area contributed by atoms with E-state index in [1.807, 2.05) is 29.5 Å². The number of hydrogen-bond donors (Lipinski definition) is 2. The molecule has 0 saturated heterocycles. The third-order valence-corrected chi connectivity index (χ3v) is 2.34. The predicted octanol–water partition coefficient (Wildman–Crippen LogP) is 0.932. The summed E-state index contributed by atoms with van der Waals surface area (Å²) < 4.78 is 1.94. The smallest absolute Gasteiger partial charge is 0.145 e. The second-order valence-corrected chi connectivity index (χ2v) is 3.37. The van der Waals surface area contributed by atoms with Crippen LogP contribution in [0.3, 0.4) is 0 Å². The number of fused-ring (bicyclic) bond motifs is 1. The molecule has 3 N–H and O–H groups in total. The largest absolute Gasteiger partial charge is 0.409 e. The number of amidine groups is 1. The highest BCUT2D eigenvalue weighted by atomic mass is 16.4. The van der Waals surface area contributed by atoms with E-state index in [2.05, 4.69) is 10.1 Å². The molecule has 0 radical (unpaired) electrons. The van der Waals surface area contributed by atoms with Gasteiger partial charge in [-0.3, -0.25) is 0 Å². The van der Waals surface area contributed by atoms with Gasteiger partial charge in [-0.25, -0.2) is 4.98 Å². The Morgan fingerprint density at radius 1 is 1.60 bits per heavy atom. The SMILES string of the molecule is Cc1ncn2c(C/C(N)=N/O)cccc12. The molecule has 78 valence electrons. The van der Waals surface area contributed by atoms with Crippen molar-refractivity contribution in [1.82, 2.24) is 9.38 Å². The normalized spacial score (nSPS) is 12.2. The van der Waals surface area contributed by atoms with Crippen molar-refractivity contribution in [3.8, 4) is 0 Å². The van der Waals surface area contributed by atoms with Gasteiger partial charge in [-0.1, -0.05) is 11.2 Å². The van der Waals surface area contributed by atoms with Crippen LogP contribution in [-0.4, -0.2) is 20.4 Å². The lowest BCUT2D eigenvalue weighted by Gasteiger charge is -2.04. The van der Waals surface area contributed by atoms with Crippen molar-refractivity contribution in [3.63, 3.8) is 0 Å². The molecule has 2 aromatic rings. The van der Waals surface area contributed by atoms with Gasteiger partial charge in [0.05, 0.1) is 17.5 Å². The summed E-state index contributed by atoms with van der Waals surface area (Å²) in [5.74, 6) is 0.189. The highest BCUT2D eigenvalue weighted by Crippen LogP contribution is 2.11. The molecule has 0 unspecified atom stereocenters. The van der Waals surface area contributed by atoms with Gasteiger partial charge in [-0.2, -0.15) is 0 Å². The minimum Gasteiger partial charge on any atom is -0.409 e. The first-order valence-electron chi connectivity index (χ1n) is 4.60. The van der Waals surface area contributed by atoms with Gasteiger partial charge in [-0.15, -0.1) is 0 Å². The van der Waals surface area contributed by atoms with Gasteiger partial charge >= 0.3 is 0 Å². The summed E-state index contributed by atoms with van der Waals surface area (Å²) in [6.45, 7) is 1.95. The quantitative estimate of drug-likeness (QED) is 0.331. The van der Waals surface area contributed by atoms with E-state index < -0.39 is 0 Å². The van der Waals surface area contributed by atoms with Gasteiger partial charge in [0.15, 0.2) is 0 Å². The third kappa shape index (κ3) is 1.63. The van der Waals surface area contributed by atoms with Gasteiger partial charge in [0.1, 0.15) is 5.84 Å². The molecule has 2 rings (SSSR count). The van der Waals surface area contributed by atoms with Crippen LogP contribution >= 0.6 is 0 Å². The Morgan fingerprint density at radius 2 is 2.40 bits per heavy atom. The summed E-state index contributed by atoms with van der Waals surface area (Å²) in [5.41, 5.74) is 8.43. The first-order valence-corrected chi connectivity index (χ1v) is 4.60. The molecule has 0 fully saturated rings. The van der Waals surface area contributed by atoms with E-state index in [9.17, 15) is 0 Å². The van der Waals surface area contributed by atoms with E-state index in [0.717, 1.165) is 16.9 Å². The monoisotopic (exact) mass is 204 g/mol. The number of nitrogens with two attached hydrogens (primary N) is 1. The molecule has 0 atom stereocenters. The Bertz CT molecular complexity index is 515. The van der Waals surface area contributed by atoms with Crippen molar-refractivity contribution in [3.05, 3.63) is 35.9 Å². The van der Waals surface area contributed by atoms with Crippen molar-refractivity contribution in [1.29, 1.82) is 0 Å². The third-order valence-electron chi connectivity index (χ3n) is 2.34. The lowest BCUT2D eigenvalue weighted by molar-refractivity contribution is 0.317. The number of imidazole rings is 1. The van der Waals surface area contributed by atoms with Gasteiger partial charge in [0.2, 0.25) is 0 Å². The summed E-state index contributed by atoms with van der Waals surface area (Å²) in [6, 6.07) is 5.84. The molecule has 2 aromatic heterocycles. The van der Waals surface area contributed by atoms with E-state index >= 15 is 0 Å². The molecule has 0 bridgehead atoms. The second kappa shape index (κ2) is 3.61. The summed E-state index contributed by atoms with van der Waals surface area (Å²) in [6.07, 6.45) is 2.15. The van der Waals surface area contributed by atoms with Crippen molar-refractivity contribution >= 4 is 11.4 Å². The van der Waals surface area contributed by atoms with Crippen LogP contribution in [-0.2, 0) is 6.42 Å². The molecule has 5 heteroatoms. The lowest BCUT2D eigenvalue weighted by atomic mass is 10.2. The second-order valence-electron chi connectivity index (χ2n) is 3.37. The zero-order valence-electron chi connectivity index (χ0n) is 8.38. The number of hydrogen-bond acceptors (Lipinski definition) is 3. The predicted molar refractivity (Wildman–Crippen MR) is 57.0 cm³/mol. The van der Waals surface area contributed by atoms with Crippen molar-refractivity contribution < 1.29 is 5.21 Å². The average Bonchev–Trinajstić information content (AvgIpc) is 2.62. The number of aryl methyl sites for hydroxylation is 1. The Hall–Kier alpha value is -2.04. The molecule has 0 aliphatic rings. The standard InChI is InChI=1S/C10H12N4O/c1-7-9-4-2-3-8(5-10(11)13-15)14(9)6-12-7/h2-4,6,15H,5H2,1H3,(H2,11,13). The first-order chi connectivity index (χ1) is 7.22. The van der Waals surface area contributed by atoms with E-state index in [0.29, 0.717) is 6.42 Å². The number of nitrogens with zero attached hydrogens (tertiary/aromatic N) is 3. The lowest BCUT2D eigenvalue weighted by Crippen LogP contribution is -2.16. The zero-order chi connectivity index (χ0) is 10.8. The van der Waals surface area contributed by atoms with Crippen LogP contribution in [0.2, 0.25) is 0 Å². The van der Waals surface area contributed by atoms with Crippen molar-refractivity contribution in [2.45, 2.75) is 13.3 Å². The summed E-state index contributed by atoms with van der Waals surface area (Å²) in [5, 5.41) is 11.5. The summed E-state index contributed by atoms with van der Waals surface area (Å²) in [7, 11) is 0. The van der Waals surface area contributed by atoms with Gasteiger partial charge in [-0.05, 0) is 19.1 Å². The average molecular weight is 204 g/mol.